The molecule has 5 N–H and O–H groups in total. The van der Waals surface area contributed by atoms with Crippen LogP contribution in [0.1, 0.15) is 19.3 Å². The van der Waals surface area contributed by atoms with Gasteiger partial charge in [-0.1, -0.05) is 18.6 Å². The predicted octanol–water partition coefficient (Wildman–Crippen LogP) is 3.78. The predicted molar refractivity (Wildman–Crippen MR) is 112 cm³/mol. The number of fused-ring (bicyclic) bond motifs is 1. The third kappa shape index (κ3) is 5.02. The molecule has 7 heteroatoms. The van der Waals surface area contributed by atoms with Gasteiger partial charge in [-0.2, -0.15) is 0 Å². The first kappa shape index (κ1) is 20.3. The summed E-state index contributed by atoms with van der Waals surface area (Å²) in [6.07, 6.45) is 2.40. The second kappa shape index (κ2) is 9.64. The molecular formula is C19H23ClN4OS. The maximum Gasteiger partial charge on any atom is 0.241 e. The van der Waals surface area contributed by atoms with Gasteiger partial charge < -0.3 is 16.8 Å². The smallest absolute Gasteiger partial charge is 0.241 e. The summed E-state index contributed by atoms with van der Waals surface area (Å²) in [7, 11) is 0. The lowest BCUT2D eigenvalue weighted by Gasteiger charge is -2.12. The molecular weight excluding hydrogens is 368 g/mol. The van der Waals surface area contributed by atoms with E-state index in [1.165, 1.54) is 4.70 Å². The minimum Gasteiger partial charge on any atom is -0.330 e. The summed E-state index contributed by atoms with van der Waals surface area (Å²) < 4.78 is 1.17. The van der Waals surface area contributed by atoms with Crippen molar-refractivity contribution in [3.05, 3.63) is 48.5 Å². The Kier molecular flexibility index (Phi) is 7.53. The second-order valence-corrected chi connectivity index (χ2v) is 6.97. The van der Waals surface area contributed by atoms with Gasteiger partial charge in [-0.3, -0.25) is 4.79 Å². The highest BCUT2D eigenvalue weighted by atomic mass is 35.5. The number of halogens is 1. The molecule has 0 saturated carbocycles. The number of hydrogen-bond acceptors (Lipinski definition) is 5. The number of nitrogens with zero attached hydrogens (tertiary/aromatic N) is 1. The fourth-order valence-corrected chi connectivity index (χ4v) is 3.54. The van der Waals surface area contributed by atoms with E-state index in [1.54, 1.807) is 11.3 Å². The number of carbonyl (C=O) groups excluding carboxylic acids is 1. The average molecular weight is 391 g/mol. The first-order valence-electron chi connectivity index (χ1n) is 8.40. The largest absolute Gasteiger partial charge is 0.330 e. The number of amides is 1. The summed E-state index contributed by atoms with van der Waals surface area (Å²) in [5, 5.41) is 3.83. The van der Waals surface area contributed by atoms with Crippen LogP contribution in [0.25, 0.3) is 20.8 Å². The Bertz CT molecular complexity index is 817. The molecule has 0 spiro atoms. The zero-order chi connectivity index (χ0) is 17.6. The van der Waals surface area contributed by atoms with Crippen molar-refractivity contribution >= 4 is 45.6 Å². The fourth-order valence-electron chi connectivity index (χ4n) is 2.57. The molecule has 3 rings (SSSR count). The molecule has 2 aromatic carbocycles. The molecule has 0 bridgehead atoms. The number of benzene rings is 2. The second-order valence-electron chi connectivity index (χ2n) is 5.94. The number of nitrogens with two attached hydrogens (primary N) is 2. The van der Waals surface area contributed by atoms with Crippen LogP contribution in [0.2, 0.25) is 0 Å². The van der Waals surface area contributed by atoms with E-state index in [0.717, 1.165) is 34.6 Å². The van der Waals surface area contributed by atoms with E-state index in [0.29, 0.717) is 13.0 Å². The van der Waals surface area contributed by atoms with Crippen LogP contribution >= 0.6 is 23.7 Å². The molecule has 1 atom stereocenters. The van der Waals surface area contributed by atoms with Crippen molar-refractivity contribution in [2.24, 2.45) is 11.5 Å². The average Bonchev–Trinajstić information content (AvgIpc) is 3.06. The number of para-hydroxylation sites is 1. The molecule has 1 amide bonds. The van der Waals surface area contributed by atoms with Crippen molar-refractivity contribution in [1.82, 2.24) is 4.98 Å². The van der Waals surface area contributed by atoms with Gasteiger partial charge in [0.25, 0.3) is 0 Å². The number of anilines is 1. The van der Waals surface area contributed by atoms with Gasteiger partial charge in [-0.25, -0.2) is 4.98 Å². The van der Waals surface area contributed by atoms with E-state index in [1.807, 2.05) is 42.5 Å². The lowest BCUT2D eigenvalue weighted by molar-refractivity contribution is -0.117. The van der Waals surface area contributed by atoms with Gasteiger partial charge in [0.05, 0.1) is 16.3 Å². The first-order valence-corrected chi connectivity index (χ1v) is 9.21. The van der Waals surface area contributed by atoms with Gasteiger partial charge >= 0.3 is 0 Å². The number of carbonyl (C=O) groups is 1. The summed E-state index contributed by atoms with van der Waals surface area (Å²) in [5.41, 5.74) is 14.1. The number of thiazole rings is 1. The number of hydrogen-bond donors (Lipinski definition) is 3. The van der Waals surface area contributed by atoms with Crippen molar-refractivity contribution in [3.63, 3.8) is 0 Å². The molecule has 3 aromatic rings. The minimum atomic E-state index is -0.504. The van der Waals surface area contributed by atoms with E-state index >= 15 is 0 Å². The number of rotatable bonds is 7. The summed E-state index contributed by atoms with van der Waals surface area (Å²) >= 11 is 1.66. The Balaban J connectivity index is 0.00000243. The minimum absolute atomic E-state index is 0. The van der Waals surface area contributed by atoms with Crippen LogP contribution in [0.5, 0.6) is 0 Å². The van der Waals surface area contributed by atoms with Crippen LogP contribution in [0.3, 0.4) is 0 Å². The molecule has 0 fully saturated rings. The molecule has 0 aliphatic heterocycles. The number of unbranched alkanes of at least 4 members (excludes halogenated alkanes) is 1. The van der Waals surface area contributed by atoms with Crippen LogP contribution in [-0.4, -0.2) is 23.5 Å². The third-order valence-corrected chi connectivity index (χ3v) is 5.08. The Morgan fingerprint density at radius 2 is 1.85 bits per heavy atom. The van der Waals surface area contributed by atoms with Crippen LogP contribution < -0.4 is 16.8 Å². The van der Waals surface area contributed by atoms with Gasteiger partial charge in [0.15, 0.2) is 0 Å². The Morgan fingerprint density at radius 1 is 1.12 bits per heavy atom. The number of nitrogens with one attached hydrogen (secondary N) is 1. The van der Waals surface area contributed by atoms with Crippen LogP contribution in [-0.2, 0) is 4.79 Å². The highest BCUT2D eigenvalue weighted by molar-refractivity contribution is 7.21. The molecule has 138 valence electrons. The Morgan fingerprint density at radius 3 is 2.54 bits per heavy atom. The lowest BCUT2D eigenvalue weighted by Crippen LogP contribution is -2.35. The van der Waals surface area contributed by atoms with E-state index < -0.39 is 6.04 Å². The zero-order valence-corrected chi connectivity index (χ0v) is 16.0. The normalized spacial score (nSPS) is 11.8. The zero-order valence-electron chi connectivity index (χ0n) is 14.4. The lowest BCUT2D eigenvalue weighted by atomic mass is 10.1. The highest BCUT2D eigenvalue weighted by Crippen LogP contribution is 2.30. The summed E-state index contributed by atoms with van der Waals surface area (Å²) in [4.78, 5) is 16.7. The molecule has 5 nitrogen and oxygen atoms in total. The van der Waals surface area contributed by atoms with Gasteiger partial charge in [0.2, 0.25) is 5.91 Å². The fraction of sp³-hybridized carbons (Fsp3) is 0.263. The third-order valence-electron chi connectivity index (χ3n) is 4.00. The van der Waals surface area contributed by atoms with Crippen LogP contribution in [0.15, 0.2) is 48.5 Å². The van der Waals surface area contributed by atoms with Crippen LogP contribution in [0, 0.1) is 0 Å². The van der Waals surface area contributed by atoms with E-state index in [4.69, 9.17) is 11.5 Å². The maximum absolute atomic E-state index is 12.1. The Hall–Kier alpha value is -1.99. The van der Waals surface area contributed by atoms with Crippen molar-refractivity contribution < 1.29 is 4.79 Å². The van der Waals surface area contributed by atoms with Crippen molar-refractivity contribution in [1.29, 1.82) is 0 Å². The molecule has 1 aromatic heterocycles. The van der Waals surface area contributed by atoms with Gasteiger partial charge in [-0.15, -0.1) is 23.7 Å². The standard InChI is InChI=1S/C19H22N4OS.ClH/c20-12-4-3-5-15(21)18(24)22-14-10-8-13(9-11-14)19-23-16-6-1-2-7-17(16)25-19;/h1-2,6-11,15H,3-5,12,20-21H2,(H,22,24);1H/t15-;/m0./s1. The van der Waals surface area contributed by atoms with Gasteiger partial charge in [-0.05, 0) is 55.8 Å². The topological polar surface area (TPSA) is 94.0 Å². The molecule has 0 saturated heterocycles. The van der Waals surface area contributed by atoms with E-state index in [9.17, 15) is 4.79 Å². The highest BCUT2D eigenvalue weighted by Gasteiger charge is 2.13. The van der Waals surface area contributed by atoms with Crippen molar-refractivity contribution in [2.75, 3.05) is 11.9 Å². The maximum atomic E-state index is 12.1. The van der Waals surface area contributed by atoms with Gasteiger partial charge in [0, 0.05) is 11.3 Å². The Labute approximate surface area is 163 Å². The van der Waals surface area contributed by atoms with Crippen LogP contribution in [0.4, 0.5) is 5.69 Å². The molecule has 0 radical (unpaired) electrons. The van der Waals surface area contributed by atoms with Crippen molar-refractivity contribution in [3.8, 4) is 10.6 Å². The summed E-state index contributed by atoms with van der Waals surface area (Å²) in [6.45, 7) is 0.627. The monoisotopic (exact) mass is 390 g/mol. The molecule has 1 heterocycles. The van der Waals surface area contributed by atoms with E-state index in [2.05, 4.69) is 16.4 Å². The molecule has 0 aliphatic rings. The quantitative estimate of drug-likeness (QED) is 0.535. The van der Waals surface area contributed by atoms with Crippen molar-refractivity contribution in [2.45, 2.75) is 25.3 Å². The molecule has 0 unspecified atom stereocenters. The van der Waals surface area contributed by atoms with E-state index in [-0.39, 0.29) is 18.3 Å². The summed E-state index contributed by atoms with van der Waals surface area (Å²) in [6, 6.07) is 15.3. The van der Waals surface area contributed by atoms with Gasteiger partial charge in [0.1, 0.15) is 5.01 Å². The first-order chi connectivity index (χ1) is 12.2. The summed E-state index contributed by atoms with van der Waals surface area (Å²) in [5.74, 6) is -0.162. The molecule has 0 aliphatic carbocycles. The molecule has 26 heavy (non-hydrogen) atoms. The number of aromatic nitrogens is 1. The SMILES string of the molecule is Cl.NCCCC[C@H](N)C(=O)Nc1ccc(-c2nc3ccccc3s2)cc1.